The van der Waals surface area contributed by atoms with Crippen LogP contribution in [0.2, 0.25) is 5.15 Å². The summed E-state index contributed by atoms with van der Waals surface area (Å²) in [6.07, 6.45) is 5.22. The fourth-order valence-corrected chi connectivity index (χ4v) is 4.51. The van der Waals surface area contributed by atoms with Crippen molar-refractivity contribution in [1.29, 1.82) is 5.26 Å². The van der Waals surface area contributed by atoms with E-state index in [1.165, 1.54) is 0 Å². The Morgan fingerprint density at radius 1 is 1.32 bits per heavy atom. The Hall–Kier alpha value is -2.88. The largest absolute Gasteiger partial charge is 0.463 e. The molecule has 0 saturated heterocycles. The Bertz CT molecular complexity index is 1320. The number of nitrogens with zero attached hydrogens (tertiary/aromatic N) is 3. The summed E-state index contributed by atoms with van der Waals surface area (Å²) >= 11 is 9.73. The van der Waals surface area contributed by atoms with Crippen LogP contribution in [-0.2, 0) is 13.0 Å². The van der Waals surface area contributed by atoms with Crippen LogP contribution in [0.4, 0.5) is 0 Å². The first-order chi connectivity index (χ1) is 15.1. The molecule has 0 fully saturated rings. The minimum atomic E-state index is 0.241. The molecule has 0 bridgehead atoms. The van der Waals surface area contributed by atoms with E-state index in [0.717, 1.165) is 57.7 Å². The summed E-state index contributed by atoms with van der Waals surface area (Å²) in [5.74, 6) is 1.46. The highest BCUT2D eigenvalue weighted by molar-refractivity contribution is 9.10. The third kappa shape index (κ3) is 4.04. The summed E-state index contributed by atoms with van der Waals surface area (Å²) in [6.45, 7) is 2.60. The van der Waals surface area contributed by atoms with E-state index in [1.807, 2.05) is 34.9 Å². The third-order valence-corrected chi connectivity index (χ3v) is 6.21. The van der Waals surface area contributed by atoms with E-state index in [4.69, 9.17) is 16.0 Å². The normalized spacial score (nSPS) is 11.0. The summed E-state index contributed by atoms with van der Waals surface area (Å²) in [5.41, 5.74) is 2.67. The van der Waals surface area contributed by atoms with Gasteiger partial charge in [-0.3, -0.25) is 4.79 Å². The lowest BCUT2D eigenvalue weighted by atomic mass is 10.0. The number of benzene rings is 2. The molecule has 7 heteroatoms. The molecule has 0 N–H and O–H groups in total. The van der Waals surface area contributed by atoms with Gasteiger partial charge in [-0.2, -0.15) is 5.26 Å². The monoisotopic (exact) mass is 495 g/mol. The minimum absolute atomic E-state index is 0.241. The van der Waals surface area contributed by atoms with E-state index >= 15 is 0 Å². The second kappa shape index (κ2) is 9.09. The highest BCUT2D eigenvalue weighted by atomic mass is 79.9. The lowest BCUT2D eigenvalue weighted by Crippen LogP contribution is -2.08. The second-order valence-electron chi connectivity index (χ2n) is 7.27. The Labute approximate surface area is 193 Å². The van der Waals surface area contributed by atoms with E-state index in [1.54, 1.807) is 12.3 Å². The van der Waals surface area contributed by atoms with Crippen LogP contribution in [-0.4, -0.2) is 15.8 Å². The molecular formula is C24H19BrClN3O2. The first-order valence-corrected chi connectivity index (χ1v) is 11.1. The number of furan rings is 1. The number of carbonyl (C=O) groups is 1. The molecule has 0 atom stereocenters. The molecule has 4 rings (SSSR count). The van der Waals surface area contributed by atoms with Crippen LogP contribution < -0.4 is 0 Å². The molecular weight excluding hydrogens is 478 g/mol. The van der Waals surface area contributed by atoms with Gasteiger partial charge in [-0.25, -0.2) is 4.98 Å². The van der Waals surface area contributed by atoms with E-state index in [2.05, 4.69) is 33.9 Å². The number of hydrogen-bond donors (Lipinski definition) is 0. The quantitative estimate of drug-likeness (QED) is 0.264. The number of aryl methyl sites for hydroxylation is 1. The number of nitriles is 1. The molecule has 156 valence electrons. The zero-order chi connectivity index (χ0) is 22.0. The first-order valence-electron chi connectivity index (χ1n) is 9.96. The van der Waals surface area contributed by atoms with Gasteiger partial charge in [-0.1, -0.05) is 43.1 Å². The van der Waals surface area contributed by atoms with Crippen molar-refractivity contribution in [3.63, 3.8) is 0 Å². The van der Waals surface area contributed by atoms with Crippen LogP contribution in [0.1, 0.15) is 47.2 Å². The lowest BCUT2D eigenvalue weighted by molar-refractivity contribution is 0.111. The van der Waals surface area contributed by atoms with Gasteiger partial charge in [-0.15, -0.1) is 0 Å². The second-order valence-corrected chi connectivity index (χ2v) is 8.48. The van der Waals surface area contributed by atoms with Gasteiger partial charge in [-0.05, 0) is 46.1 Å². The summed E-state index contributed by atoms with van der Waals surface area (Å²) in [7, 11) is 0. The Kier molecular flexibility index (Phi) is 6.26. The molecule has 0 aliphatic rings. The van der Waals surface area contributed by atoms with Crippen molar-refractivity contribution in [3.05, 3.63) is 74.9 Å². The average Bonchev–Trinajstić information content (AvgIpc) is 3.31. The van der Waals surface area contributed by atoms with Crippen LogP contribution in [0.5, 0.6) is 0 Å². The van der Waals surface area contributed by atoms with E-state index in [-0.39, 0.29) is 5.15 Å². The SMILES string of the molecule is CCCCc1nc(Cl)c(C=O)n1Cc1ccc2c(-c3c(Br)cccc3C#N)occ2c1. The molecule has 0 amide bonds. The summed E-state index contributed by atoms with van der Waals surface area (Å²) in [4.78, 5) is 16.0. The molecule has 0 radical (unpaired) electrons. The number of aromatic nitrogens is 2. The number of aldehydes is 1. The number of halogens is 2. The predicted octanol–water partition coefficient (Wildman–Crippen LogP) is 6.79. The van der Waals surface area contributed by atoms with Gasteiger partial charge in [0.15, 0.2) is 11.4 Å². The van der Waals surface area contributed by atoms with Gasteiger partial charge in [0.05, 0.1) is 17.9 Å². The minimum Gasteiger partial charge on any atom is -0.463 e. The number of unbranched alkanes of at least 4 members (excludes halogenated alkanes) is 1. The highest BCUT2D eigenvalue weighted by Gasteiger charge is 2.18. The van der Waals surface area contributed by atoms with Gasteiger partial charge < -0.3 is 8.98 Å². The standard InChI is InChI=1S/C24H19BrClN3O2/c1-2-3-7-21-28-24(26)20(13-30)29(21)12-15-8-9-18-17(10-15)14-31-23(18)22-16(11-27)5-4-6-19(22)25/h4-6,8-10,13-14H,2-3,7,12H2,1H3. The molecule has 0 saturated carbocycles. The zero-order valence-corrected chi connectivity index (χ0v) is 19.2. The van der Waals surface area contributed by atoms with Crippen molar-refractivity contribution in [2.24, 2.45) is 0 Å². The topological polar surface area (TPSA) is 71.8 Å². The van der Waals surface area contributed by atoms with Crippen molar-refractivity contribution in [2.45, 2.75) is 32.7 Å². The number of imidazole rings is 1. The first kappa shape index (κ1) is 21.4. The molecule has 0 aliphatic heterocycles. The van der Waals surface area contributed by atoms with Crippen LogP contribution >= 0.6 is 27.5 Å². The average molecular weight is 497 g/mol. The molecule has 2 aromatic heterocycles. The summed E-state index contributed by atoms with van der Waals surface area (Å²) in [6, 6.07) is 13.7. The van der Waals surface area contributed by atoms with E-state index < -0.39 is 0 Å². The summed E-state index contributed by atoms with van der Waals surface area (Å²) in [5, 5.41) is 11.6. The smallest absolute Gasteiger partial charge is 0.169 e. The van der Waals surface area contributed by atoms with E-state index in [0.29, 0.717) is 23.6 Å². The van der Waals surface area contributed by atoms with Crippen LogP contribution in [0.3, 0.4) is 0 Å². The Balaban J connectivity index is 1.74. The maximum atomic E-state index is 11.6. The molecule has 2 heterocycles. The van der Waals surface area contributed by atoms with Crippen LogP contribution in [0.15, 0.2) is 51.6 Å². The van der Waals surface area contributed by atoms with Crippen molar-refractivity contribution in [2.75, 3.05) is 0 Å². The zero-order valence-electron chi connectivity index (χ0n) is 16.9. The van der Waals surface area contributed by atoms with Crippen LogP contribution in [0.25, 0.3) is 22.1 Å². The molecule has 0 spiro atoms. The van der Waals surface area contributed by atoms with Crippen molar-refractivity contribution in [3.8, 4) is 17.4 Å². The van der Waals surface area contributed by atoms with Crippen molar-refractivity contribution >= 4 is 44.6 Å². The third-order valence-electron chi connectivity index (χ3n) is 5.27. The maximum absolute atomic E-state index is 11.6. The number of fused-ring (bicyclic) bond motifs is 1. The van der Waals surface area contributed by atoms with Gasteiger partial charge in [0.1, 0.15) is 17.3 Å². The Morgan fingerprint density at radius 3 is 2.90 bits per heavy atom. The van der Waals surface area contributed by atoms with Crippen LogP contribution in [0, 0.1) is 11.3 Å². The molecule has 0 aliphatic carbocycles. The van der Waals surface area contributed by atoms with Gasteiger partial charge in [0, 0.05) is 33.8 Å². The molecule has 31 heavy (non-hydrogen) atoms. The molecule has 2 aromatic carbocycles. The molecule has 0 unspecified atom stereocenters. The van der Waals surface area contributed by atoms with E-state index in [9.17, 15) is 10.1 Å². The molecule has 4 aromatic rings. The summed E-state index contributed by atoms with van der Waals surface area (Å²) < 4.78 is 8.56. The molecule has 5 nitrogen and oxygen atoms in total. The fourth-order valence-electron chi connectivity index (χ4n) is 3.72. The van der Waals surface area contributed by atoms with Gasteiger partial charge in [0.25, 0.3) is 0 Å². The van der Waals surface area contributed by atoms with Crippen molar-refractivity contribution < 1.29 is 9.21 Å². The maximum Gasteiger partial charge on any atom is 0.169 e. The van der Waals surface area contributed by atoms with Gasteiger partial charge >= 0.3 is 0 Å². The van der Waals surface area contributed by atoms with Gasteiger partial charge in [0.2, 0.25) is 0 Å². The van der Waals surface area contributed by atoms with Crippen molar-refractivity contribution in [1.82, 2.24) is 9.55 Å². The Morgan fingerprint density at radius 2 is 2.16 bits per heavy atom. The predicted molar refractivity (Wildman–Crippen MR) is 124 cm³/mol. The fraction of sp³-hybridized carbons (Fsp3) is 0.208. The highest BCUT2D eigenvalue weighted by Crippen LogP contribution is 2.37. The number of rotatable bonds is 7. The number of carbonyl (C=O) groups excluding carboxylic acids is 1. The lowest BCUT2D eigenvalue weighted by Gasteiger charge is -2.10. The number of hydrogen-bond acceptors (Lipinski definition) is 4.